The zero-order valence-electron chi connectivity index (χ0n) is 22.6. The lowest BCUT2D eigenvalue weighted by molar-refractivity contribution is -0.155. The number of nitrogens with zero attached hydrogens (tertiary/aromatic N) is 2. The molecule has 4 rings (SSSR count). The summed E-state index contributed by atoms with van der Waals surface area (Å²) in [5.74, 6) is -2.69. The van der Waals surface area contributed by atoms with Gasteiger partial charge < -0.3 is 24.4 Å². The molecule has 7 atom stereocenters. The van der Waals surface area contributed by atoms with Gasteiger partial charge in [0.15, 0.2) is 0 Å². The lowest BCUT2D eigenvalue weighted by Crippen LogP contribution is -2.60. The number of anilines is 1. The van der Waals surface area contributed by atoms with Crippen LogP contribution in [0.25, 0.3) is 0 Å². The van der Waals surface area contributed by atoms with Crippen molar-refractivity contribution in [2.45, 2.75) is 77.7 Å². The predicted molar refractivity (Wildman–Crippen MR) is 140 cm³/mol. The summed E-state index contributed by atoms with van der Waals surface area (Å²) in [6, 6.07) is 4.36. The molecule has 8 nitrogen and oxygen atoms in total. The second-order valence-electron chi connectivity index (χ2n) is 10.7. The number of amides is 2. The van der Waals surface area contributed by atoms with Gasteiger partial charge in [-0.15, -0.1) is 6.58 Å². The van der Waals surface area contributed by atoms with Crippen LogP contribution in [0.5, 0.6) is 0 Å². The largest absolute Gasteiger partial charge is 0.466 e. The molecule has 1 aromatic rings. The van der Waals surface area contributed by atoms with Gasteiger partial charge >= 0.3 is 5.97 Å². The molecule has 3 saturated heterocycles. The first-order valence-electron chi connectivity index (χ1n) is 13.4. The summed E-state index contributed by atoms with van der Waals surface area (Å²) < 4.78 is 11.9. The minimum absolute atomic E-state index is 0.0636. The summed E-state index contributed by atoms with van der Waals surface area (Å²) in [5.41, 5.74) is 1.53. The van der Waals surface area contributed by atoms with E-state index >= 15 is 0 Å². The van der Waals surface area contributed by atoms with Crippen LogP contribution in [-0.4, -0.2) is 71.3 Å². The number of benzene rings is 1. The second-order valence-corrected chi connectivity index (χ2v) is 10.7. The predicted octanol–water partition coefficient (Wildman–Crippen LogP) is 3.17. The van der Waals surface area contributed by atoms with Crippen molar-refractivity contribution in [3.8, 4) is 0 Å². The SMILES string of the molecule is C=CCN(C(=O)C1N([C@@H](CO)[C@@H](C)CC)C(=O)[C@@H]2[C@@H](C(=O)OCC)[C@H]3CCC12O3)c1cc(C)ccc1C. The molecule has 202 valence electrons. The molecule has 3 aliphatic rings. The average Bonchev–Trinajstić information content (AvgIpc) is 3.52. The van der Waals surface area contributed by atoms with E-state index in [1.54, 1.807) is 22.8 Å². The summed E-state index contributed by atoms with van der Waals surface area (Å²) in [7, 11) is 0. The Morgan fingerprint density at radius 1 is 1.35 bits per heavy atom. The van der Waals surface area contributed by atoms with Crippen LogP contribution >= 0.6 is 0 Å². The first kappa shape index (κ1) is 27.3. The second kappa shape index (κ2) is 10.6. The van der Waals surface area contributed by atoms with Crippen molar-refractivity contribution in [3.05, 3.63) is 42.0 Å². The van der Waals surface area contributed by atoms with E-state index in [0.29, 0.717) is 19.3 Å². The lowest BCUT2D eigenvalue weighted by atomic mass is 9.70. The highest BCUT2D eigenvalue weighted by Crippen LogP contribution is 2.59. The van der Waals surface area contributed by atoms with E-state index in [1.807, 2.05) is 45.9 Å². The van der Waals surface area contributed by atoms with E-state index in [1.165, 1.54) is 0 Å². The van der Waals surface area contributed by atoms with Crippen LogP contribution in [0.1, 0.15) is 51.2 Å². The van der Waals surface area contributed by atoms with Crippen LogP contribution in [0, 0.1) is 31.6 Å². The van der Waals surface area contributed by atoms with Gasteiger partial charge in [0, 0.05) is 12.2 Å². The van der Waals surface area contributed by atoms with Crippen molar-refractivity contribution < 1.29 is 29.0 Å². The quantitative estimate of drug-likeness (QED) is 0.382. The Labute approximate surface area is 219 Å². The number of hydrogen-bond donors (Lipinski definition) is 1. The number of aliphatic hydroxyl groups excluding tert-OH is 1. The Morgan fingerprint density at radius 3 is 2.70 bits per heavy atom. The van der Waals surface area contributed by atoms with Gasteiger partial charge in [0.2, 0.25) is 5.91 Å². The molecule has 0 aliphatic carbocycles. The van der Waals surface area contributed by atoms with Gasteiger partial charge in [0.05, 0.1) is 37.2 Å². The smallest absolute Gasteiger partial charge is 0.312 e. The van der Waals surface area contributed by atoms with Crippen molar-refractivity contribution in [2.24, 2.45) is 17.8 Å². The molecule has 1 aromatic carbocycles. The molecule has 3 aliphatic heterocycles. The molecule has 1 N–H and O–H groups in total. The molecular weight excluding hydrogens is 472 g/mol. The molecular formula is C29H40N2O6. The fourth-order valence-electron chi connectivity index (χ4n) is 6.64. The topological polar surface area (TPSA) is 96.4 Å². The number of hydrogen-bond acceptors (Lipinski definition) is 6. The molecule has 0 saturated carbocycles. The van der Waals surface area contributed by atoms with E-state index in [-0.39, 0.29) is 37.5 Å². The maximum Gasteiger partial charge on any atom is 0.312 e. The number of esters is 1. The maximum absolute atomic E-state index is 14.6. The third-order valence-electron chi connectivity index (χ3n) is 8.61. The molecule has 3 heterocycles. The molecule has 0 aromatic heterocycles. The first-order valence-corrected chi connectivity index (χ1v) is 13.4. The minimum atomic E-state index is -1.14. The Morgan fingerprint density at radius 2 is 2.08 bits per heavy atom. The van der Waals surface area contributed by atoms with Crippen LogP contribution in [0.3, 0.4) is 0 Å². The summed E-state index contributed by atoms with van der Waals surface area (Å²) >= 11 is 0. The summed E-state index contributed by atoms with van der Waals surface area (Å²) in [4.78, 5) is 45.1. The molecule has 37 heavy (non-hydrogen) atoms. The molecule has 8 heteroatoms. The van der Waals surface area contributed by atoms with Gasteiger partial charge in [-0.05, 0) is 56.7 Å². The number of rotatable bonds is 10. The highest BCUT2D eigenvalue weighted by atomic mass is 16.6. The van der Waals surface area contributed by atoms with Gasteiger partial charge in [-0.1, -0.05) is 38.5 Å². The van der Waals surface area contributed by atoms with Crippen LogP contribution in [0.15, 0.2) is 30.9 Å². The first-order chi connectivity index (χ1) is 17.7. The zero-order chi connectivity index (χ0) is 27.1. The van der Waals surface area contributed by atoms with Crippen molar-refractivity contribution in [1.29, 1.82) is 0 Å². The highest BCUT2D eigenvalue weighted by Gasteiger charge is 2.75. The molecule has 1 spiro atoms. The summed E-state index contributed by atoms with van der Waals surface area (Å²) in [5, 5.41) is 10.5. The third kappa shape index (κ3) is 4.28. The van der Waals surface area contributed by atoms with E-state index in [2.05, 4.69) is 6.58 Å². The van der Waals surface area contributed by atoms with Crippen molar-refractivity contribution in [3.63, 3.8) is 0 Å². The van der Waals surface area contributed by atoms with Crippen molar-refractivity contribution in [2.75, 3.05) is 24.7 Å². The monoisotopic (exact) mass is 512 g/mol. The molecule has 2 bridgehead atoms. The van der Waals surface area contributed by atoms with E-state index in [4.69, 9.17) is 9.47 Å². The fourth-order valence-corrected chi connectivity index (χ4v) is 6.64. The number of aliphatic hydroxyl groups is 1. The highest BCUT2D eigenvalue weighted by molar-refractivity contribution is 6.05. The van der Waals surface area contributed by atoms with E-state index in [0.717, 1.165) is 16.8 Å². The molecule has 2 amide bonds. The molecule has 2 unspecified atom stereocenters. The molecule has 3 fully saturated rings. The number of fused-ring (bicyclic) bond motifs is 1. The Kier molecular flexibility index (Phi) is 7.81. The fraction of sp³-hybridized carbons (Fsp3) is 0.621. The van der Waals surface area contributed by atoms with Gasteiger partial charge in [-0.3, -0.25) is 14.4 Å². The Balaban J connectivity index is 1.86. The lowest BCUT2D eigenvalue weighted by Gasteiger charge is -2.41. The Hall–Kier alpha value is -2.71. The van der Waals surface area contributed by atoms with Crippen LogP contribution in [-0.2, 0) is 23.9 Å². The minimum Gasteiger partial charge on any atom is -0.466 e. The van der Waals surface area contributed by atoms with Crippen LogP contribution in [0.4, 0.5) is 5.69 Å². The zero-order valence-corrected chi connectivity index (χ0v) is 22.6. The number of ether oxygens (including phenoxy) is 2. The van der Waals surface area contributed by atoms with Gasteiger partial charge in [0.1, 0.15) is 11.6 Å². The maximum atomic E-state index is 14.6. The van der Waals surface area contributed by atoms with Crippen molar-refractivity contribution in [1.82, 2.24) is 4.90 Å². The van der Waals surface area contributed by atoms with Gasteiger partial charge in [-0.25, -0.2) is 0 Å². The van der Waals surface area contributed by atoms with Crippen LogP contribution < -0.4 is 4.90 Å². The van der Waals surface area contributed by atoms with Gasteiger partial charge in [0.25, 0.3) is 5.91 Å². The third-order valence-corrected chi connectivity index (χ3v) is 8.61. The number of carbonyl (C=O) groups excluding carboxylic acids is 3. The Bertz CT molecular complexity index is 1070. The van der Waals surface area contributed by atoms with Crippen molar-refractivity contribution >= 4 is 23.5 Å². The number of likely N-dealkylation sites (tertiary alicyclic amines) is 1. The van der Waals surface area contributed by atoms with E-state index in [9.17, 15) is 19.5 Å². The standard InChI is InChI=1S/C29H40N2O6/c1-7-14-30(20-15-17(4)10-11-19(20)6)27(34)25-29-13-12-22(37-29)23(28(35)36-9-3)24(29)26(33)31(25)21(16-32)18(5)8-2/h7,10-11,15,18,21-25,32H,1,8-9,12-14,16H2,2-6H3/t18-,21-,22+,23-,24-,25?,29?/m0/s1. The average molecular weight is 513 g/mol. The number of aryl methyl sites for hydroxylation is 2. The van der Waals surface area contributed by atoms with E-state index < -0.39 is 41.6 Å². The normalized spacial score (nSPS) is 29.7. The van der Waals surface area contributed by atoms with Crippen LogP contribution in [0.2, 0.25) is 0 Å². The number of carbonyl (C=O) groups is 3. The van der Waals surface area contributed by atoms with Gasteiger partial charge in [-0.2, -0.15) is 0 Å². The molecule has 0 radical (unpaired) electrons. The summed E-state index contributed by atoms with van der Waals surface area (Å²) in [6.07, 6.45) is 2.98. The summed E-state index contributed by atoms with van der Waals surface area (Å²) in [6.45, 7) is 13.7.